The topological polar surface area (TPSA) is 62.3 Å². The van der Waals surface area contributed by atoms with Gasteiger partial charge < -0.3 is 24.2 Å². The Bertz CT molecular complexity index is 641. The molecule has 0 aromatic carbocycles. The van der Waals surface area contributed by atoms with E-state index in [1.807, 2.05) is 22.0 Å². The van der Waals surface area contributed by atoms with Crippen molar-refractivity contribution in [3.05, 3.63) is 12.2 Å². The molecule has 0 saturated carbocycles. The highest BCUT2D eigenvalue weighted by atomic mass is 16.5. The number of carbonyl (C=O) groups is 2. The molecule has 5 heterocycles. The third-order valence-corrected chi connectivity index (χ3v) is 6.92. The van der Waals surface area contributed by atoms with Crippen molar-refractivity contribution in [2.24, 2.45) is 11.8 Å². The van der Waals surface area contributed by atoms with E-state index >= 15 is 0 Å². The number of fused-ring (bicyclic) bond motifs is 1. The fourth-order valence-electron chi connectivity index (χ4n) is 5.49. The first-order valence-electron chi connectivity index (χ1n) is 10.4. The van der Waals surface area contributed by atoms with Crippen LogP contribution in [0.15, 0.2) is 12.2 Å². The summed E-state index contributed by atoms with van der Waals surface area (Å²) in [6.45, 7) is 6.87. The van der Waals surface area contributed by atoms with Gasteiger partial charge >= 0.3 is 0 Å². The highest BCUT2D eigenvalue weighted by molar-refractivity contribution is 5.93. The Hall–Kier alpha value is -1.44. The van der Waals surface area contributed by atoms with Crippen molar-refractivity contribution in [1.29, 1.82) is 0 Å². The summed E-state index contributed by atoms with van der Waals surface area (Å²) in [7, 11) is 0. The van der Waals surface area contributed by atoms with Crippen molar-refractivity contribution in [3.8, 4) is 0 Å². The van der Waals surface area contributed by atoms with Crippen LogP contribution in [0.4, 0.5) is 0 Å². The number of ether oxygens (including phenoxy) is 2. The number of rotatable bonds is 4. The summed E-state index contributed by atoms with van der Waals surface area (Å²) in [5.41, 5.74) is -0.587. The normalized spacial score (nSPS) is 38.7. The molecule has 2 unspecified atom stereocenters. The third kappa shape index (κ3) is 2.91. The van der Waals surface area contributed by atoms with Gasteiger partial charge in [0, 0.05) is 26.2 Å². The van der Waals surface area contributed by atoms with Crippen molar-refractivity contribution < 1.29 is 19.1 Å². The molecule has 0 N–H and O–H groups in total. The average molecular weight is 375 g/mol. The summed E-state index contributed by atoms with van der Waals surface area (Å²) >= 11 is 0. The van der Waals surface area contributed by atoms with Crippen LogP contribution in [0, 0.1) is 11.8 Å². The fourth-order valence-corrected chi connectivity index (χ4v) is 5.49. The number of nitrogens with zero attached hydrogens (tertiary/aromatic N) is 3. The second-order valence-corrected chi connectivity index (χ2v) is 8.50. The Morgan fingerprint density at radius 1 is 1.11 bits per heavy atom. The monoisotopic (exact) mass is 375 g/mol. The van der Waals surface area contributed by atoms with E-state index in [0.717, 1.165) is 26.2 Å². The first-order valence-corrected chi connectivity index (χ1v) is 10.4. The molecular weight excluding hydrogens is 346 g/mol. The van der Waals surface area contributed by atoms with E-state index in [1.165, 1.54) is 19.3 Å². The van der Waals surface area contributed by atoms with Crippen LogP contribution in [0.2, 0.25) is 0 Å². The van der Waals surface area contributed by atoms with Gasteiger partial charge in [-0.2, -0.15) is 0 Å². The van der Waals surface area contributed by atoms with Crippen LogP contribution in [0.1, 0.15) is 19.3 Å². The quantitative estimate of drug-likeness (QED) is 0.653. The molecular formula is C20H29N3O4. The number of piperidine rings is 1. The van der Waals surface area contributed by atoms with Crippen molar-refractivity contribution in [3.63, 3.8) is 0 Å². The minimum Gasteiger partial charge on any atom is -0.378 e. The van der Waals surface area contributed by atoms with Crippen LogP contribution in [-0.4, -0.2) is 97.2 Å². The minimum absolute atomic E-state index is 0.0609. The molecule has 4 saturated heterocycles. The summed E-state index contributed by atoms with van der Waals surface area (Å²) in [5, 5.41) is 0. The lowest BCUT2D eigenvalue weighted by Gasteiger charge is -2.32. The zero-order chi connectivity index (χ0) is 18.4. The first-order chi connectivity index (χ1) is 13.2. The SMILES string of the molecule is O=C(C1C2C(=O)N(CCN3CCCCC3)C[C@@]23C=C[C@@H]1O3)N1CCOCC1. The molecule has 148 valence electrons. The average Bonchev–Trinajstić information content (AvgIpc) is 3.35. The van der Waals surface area contributed by atoms with Crippen molar-refractivity contribution >= 4 is 11.8 Å². The molecule has 7 heteroatoms. The number of hydrogen-bond donors (Lipinski definition) is 0. The third-order valence-electron chi connectivity index (χ3n) is 6.92. The molecule has 2 amide bonds. The molecule has 5 aliphatic heterocycles. The molecule has 0 aromatic rings. The van der Waals surface area contributed by atoms with Gasteiger partial charge in [-0.15, -0.1) is 0 Å². The molecule has 27 heavy (non-hydrogen) atoms. The van der Waals surface area contributed by atoms with Crippen molar-refractivity contribution in [2.45, 2.75) is 31.0 Å². The van der Waals surface area contributed by atoms with Crippen LogP contribution in [0.25, 0.3) is 0 Å². The molecule has 5 rings (SSSR count). The maximum absolute atomic E-state index is 13.2. The van der Waals surface area contributed by atoms with E-state index in [0.29, 0.717) is 32.8 Å². The van der Waals surface area contributed by atoms with Gasteiger partial charge in [-0.1, -0.05) is 18.6 Å². The van der Waals surface area contributed by atoms with Crippen molar-refractivity contribution in [2.75, 3.05) is 59.0 Å². The van der Waals surface area contributed by atoms with E-state index in [2.05, 4.69) is 4.90 Å². The Morgan fingerprint density at radius 3 is 2.67 bits per heavy atom. The van der Waals surface area contributed by atoms with Gasteiger partial charge in [0.05, 0.1) is 37.7 Å². The molecule has 7 nitrogen and oxygen atoms in total. The number of amides is 2. The minimum atomic E-state index is -0.587. The van der Waals surface area contributed by atoms with Gasteiger partial charge in [0.1, 0.15) is 5.60 Å². The predicted octanol–water partition coefficient (Wildman–Crippen LogP) is 0.113. The smallest absolute Gasteiger partial charge is 0.230 e. The molecule has 2 bridgehead atoms. The lowest BCUT2D eigenvalue weighted by atomic mass is 9.76. The van der Waals surface area contributed by atoms with Crippen LogP contribution in [0.3, 0.4) is 0 Å². The van der Waals surface area contributed by atoms with Crippen LogP contribution in [-0.2, 0) is 19.1 Å². The van der Waals surface area contributed by atoms with Gasteiger partial charge in [-0.3, -0.25) is 9.59 Å². The molecule has 0 aliphatic carbocycles. The van der Waals surface area contributed by atoms with Gasteiger partial charge in [0.2, 0.25) is 11.8 Å². The first kappa shape index (κ1) is 17.6. The van der Waals surface area contributed by atoms with E-state index in [4.69, 9.17) is 9.47 Å². The van der Waals surface area contributed by atoms with Crippen molar-refractivity contribution in [1.82, 2.24) is 14.7 Å². The zero-order valence-corrected chi connectivity index (χ0v) is 15.8. The van der Waals surface area contributed by atoms with E-state index in [-0.39, 0.29) is 29.8 Å². The standard InChI is InChI=1S/C20H29N3O4/c24-18(22-10-12-26-13-11-22)16-15-4-5-20(27-15)14-23(19(25)17(16)20)9-8-21-6-2-1-3-7-21/h4-5,15-17H,1-3,6-14H2/t15-,16?,17?,20-/m0/s1. The molecule has 0 aromatic heterocycles. The summed E-state index contributed by atoms with van der Waals surface area (Å²) in [5.74, 6) is -0.569. The second kappa shape index (κ2) is 6.87. The molecule has 0 radical (unpaired) electrons. The highest BCUT2D eigenvalue weighted by Crippen LogP contribution is 2.52. The summed E-state index contributed by atoms with van der Waals surface area (Å²) in [6.07, 6.45) is 7.62. The summed E-state index contributed by atoms with van der Waals surface area (Å²) in [6, 6.07) is 0. The Morgan fingerprint density at radius 2 is 1.89 bits per heavy atom. The maximum atomic E-state index is 13.2. The van der Waals surface area contributed by atoms with E-state index < -0.39 is 5.60 Å². The van der Waals surface area contributed by atoms with Gasteiger partial charge in [-0.25, -0.2) is 0 Å². The summed E-state index contributed by atoms with van der Waals surface area (Å²) < 4.78 is 11.6. The summed E-state index contributed by atoms with van der Waals surface area (Å²) in [4.78, 5) is 32.6. The highest BCUT2D eigenvalue weighted by Gasteiger charge is 2.67. The number of morpholine rings is 1. The second-order valence-electron chi connectivity index (χ2n) is 8.50. The van der Waals surface area contributed by atoms with Gasteiger partial charge in [0.25, 0.3) is 0 Å². The van der Waals surface area contributed by atoms with E-state index in [1.54, 1.807) is 0 Å². The molecule has 4 fully saturated rings. The largest absolute Gasteiger partial charge is 0.378 e. The molecule has 4 atom stereocenters. The Labute approximate surface area is 160 Å². The number of likely N-dealkylation sites (tertiary alicyclic amines) is 2. The van der Waals surface area contributed by atoms with Gasteiger partial charge in [0.15, 0.2) is 0 Å². The predicted molar refractivity (Wildman–Crippen MR) is 98.0 cm³/mol. The molecule has 1 spiro atoms. The number of carbonyl (C=O) groups excluding carboxylic acids is 2. The Balaban J connectivity index is 1.29. The van der Waals surface area contributed by atoms with Crippen LogP contribution in [0.5, 0.6) is 0 Å². The molecule has 5 aliphatic rings. The zero-order valence-electron chi connectivity index (χ0n) is 15.8. The fraction of sp³-hybridized carbons (Fsp3) is 0.800. The van der Waals surface area contributed by atoms with Crippen LogP contribution >= 0.6 is 0 Å². The maximum Gasteiger partial charge on any atom is 0.230 e. The lowest BCUT2D eigenvalue weighted by molar-refractivity contribution is -0.146. The number of hydrogen-bond acceptors (Lipinski definition) is 5. The van der Waals surface area contributed by atoms with E-state index in [9.17, 15) is 9.59 Å². The Kier molecular flexibility index (Phi) is 4.49. The van der Waals surface area contributed by atoms with Crippen LogP contribution < -0.4 is 0 Å². The van der Waals surface area contributed by atoms with Gasteiger partial charge in [-0.05, 0) is 25.9 Å². The lowest BCUT2D eigenvalue weighted by Crippen LogP contribution is -2.49.